The summed E-state index contributed by atoms with van der Waals surface area (Å²) in [5.41, 5.74) is 1.20. The minimum absolute atomic E-state index is 0.114. The van der Waals surface area contributed by atoms with E-state index in [4.69, 9.17) is 19.8 Å². The van der Waals surface area contributed by atoms with Crippen LogP contribution in [0.1, 0.15) is 21.5 Å². The number of hydrogen-bond donors (Lipinski definition) is 4. The number of hydrogen-bond acceptors (Lipinski definition) is 6. The highest BCUT2D eigenvalue weighted by Gasteiger charge is 2.24. The van der Waals surface area contributed by atoms with Crippen LogP contribution >= 0.6 is 0 Å². The first-order valence-corrected chi connectivity index (χ1v) is 8.64. The number of rotatable bonds is 10. The number of aryl methyl sites for hydroxylation is 1. The molecule has 0 aliphatic rings. The van der Waals surface area contributed by atoms with Crippen LogP contribution in [0.4, 0.5) is 24.5 Å². The molecule has 2 rings (SSSR count). The van der Waals surface area contributed by atoms with Crippen LogP contribution in [0.15, 0.2) is 24.3 Å². The van der Waals surface area contributed by atoms with Crippen molar-refractivity contribution in [2.45, 2.75) is 13.5 Å². The fourth-order valence-corrected chi connectivity index (χ4v) is 2.41. The van der Waals surface area contributed by atoms with Crippen molar-refractivity contribution in [3.63, 3.8) is 0 Å². The predicted molar refractivity (Wildman–Crippen MR) is 98.0 cm³/mol. The Morgan fingerprint density at radius 2 is 1.79 bits per heavy atom. The van der Waals surface area contributed by atoms with Gasteiger partial charge in [-0.15, -0.1) is 0 Å². The number of halogens is 3. The molecular weight excluding hydrogens is 393 g/mol. The van der Waals surface area contributed by atoms with Crippen molar-refractivity contribution in [1.29, 1.82) is 0 Å². The molecule has 158 valence electrons. The monoisotopic (exact) mass is 414 g/mol. The summed E-state index contributed by atoms with van der Waals surface area (Å²) < 4.78 is 48.4. The lowest BCUT2D eigenvalue weighted by atomic mass is 10.1. The molecule has 2 aromatic rings. The van der Waals surface area contributed by atoms with Gasteiger partial charge in [0.2, 0.25) is 0 Å². The fourth-order valence-electron chi connectivity index (χ4n) is 2.41. The summed E-state index contributed by atoms with van der Waals surface area (Å²) in [7, 11) is 0. The van der Waals surface area contributed by atoms with E-state index in [-0.39, 0.29) is 43.2 Å². The summed E-state index contributed by atoms with van der Waals surface area (Å²) in [4.78, 5) is 17.1. The van der Waals surface area contributed by atoms with Crippen molar-refractivity contribution >= 4 is 17.3 Å². The molecule has 0 unspecified atom stereocenters. The van der Waals surface area contributed by atoms with Crippen molar-refractivity contribution in [3.05, 3.63) is 58.4 Å². The topological polar surface area (TPSA) is 100 Å². The molecular formula is C19H21F3N2O5. The molecule has 0 aliphatic carbocycles. The van der Waals surface area contributed by atoms with Gasteiger partial charge in [-0.3, -0.25) is 9.63 Å². The summed E-state index contributed by atoms with van der Waals surface area (Å²) in [6, 6.07) is 5.10. The Labute approximate surface area is 165 Å². The number of carbonyl (C=O) groups is 1. The molecule has 0 spiro atoms. The highest BCUT2D eigenvalue weighted by Crippen LogP contribution is 2.30. The summed E-state index contributed by atoms with van der Waals surface area (Å²) in [6.07, 6.45) is 0. The standard InChI is InChI=1S/C19H21F3N2O5/c1-11-2-3-15(14(20)8-11)23-18-13(19(27)24-29-7-5-26)9-12(10-28-6-4-25)16(21)17(18)22/h2-3,8-9,23,25-26H,4-7,10H2,1H3,(H,24,27). The van der Waals surface area contributed by atoms with Crippen molar-refractivity contribution in [1.82, 2.24) is 5.48 Å². The fraction of sp³-hybridized carbons (Fsp3) is 0.316. The summed E-state index contributed by atoms with van der Waals surface area (Å²) in [6.45, 7) is 0.219. The van der Waals surface area contributed by atoms with E-state index in [1.807, 2.05) is 5.48 Å². The first kappa shape index (κ1) is 22.6. The second-order valence-corrected chi connectivity index (χ2v) is 5.97. The number of aliphatic hydroxyl groups is 2. The maximum absolute atomic E-state index is 14.8. The smallest absolute Gasteiger partial charge is 0.277 e. The molecule has 29 heavy (non-hydrogen) atoms. The number of hydroxylamine groups is 1. The zero-order valence-corrected chi connectivity index (χ0v) is 15.6. The molecule has 1 amide bonds. The Bertz CT molecular complexity index is 864. The zero-order chi connectivity index (χ0) is 21.4. The molecule has 0 aliphatic heterocycles. The molecule has 2 aromatic carbocycles. The molecule has 7 nitrogen and oxygen atoms in total. The first-order chi connectivity index (χ1) is 13.9. The van der Waals surface area contributed by atoms with Crippen molar-refractivity contribution in [2.24, 2.45) is 0 Å². The third-order valence-electron chi connectivity index (χ3n) is 3.76. The van der Waals surface area contributed by atoms with Crippen molar-refractivity contribution in [2.75, 3.05) is 31.7 Å². The number of carbonyl (C=O) groups excluding carboxylic acids is 1. The third kappa shape index (κ3) is 5.91. The quantitative estimate of drug-likeness (QED) is 0.352. The molecule has 0 atom stereocenters. The predicted octanol–water partition coefficient (Wildman–Crippen LogP) is 2.32. The van der Waals surface area contributed by atoms with E-state index in [0.29, 0.717) is 5.56 Å². The molecule has 10 heteroatoms. The lowest BCUT2D eigenvalue weighted by Crippen LogP contribution is -2.26. The van der Waals surface area contributed by atoms with E-state index >= 15 is 0 Å². The van der Waals surface area contributed by atoms with Crippen LogP contribution < -0.4 is 10.8 Å². The number of amides is 1. The minimum Gasteiger partial charge on any atom is -0.394 e. The van der Waals surface area contributed by atoms with Gasteiger partial charge in [0.15, 0.2) is 11.6 Å². The molecule has 0 heterocycles. The normalized spacial score (nSPS) is 10.8. The van der Waals surface area contributed by atoms with Crippen LogP contribution in [0.25, 0.3) is 0 Å². The van der Waals surface area contributed by atoms with Gasteiger partial charge in [-0.2, -0.15) is 0 Å². The van der Waals surface area contributed by atoms with Crippen molar-refractivity contribution in [3.8, 4) is 0 Å². The number of nitrogens with one attached hydrogen (secondary N) is 2. The molecule has 4 N–H and O–H groups in total. The van der Waals surface area contributed by atoms with E-state index in [9.17, 15) is 18.0 Å². The van der Waals surface area contributed by atoms with E-state index in [1.54, 1.807) is 13.0 Å². The second kappa shape index (κ2) is 10.8. The van der Waals surface area contributed by atoms with Gasteiger partial charge >= 0.3 is 0 Å². The average molecular weight is 414 g/mol. The average Bonchev–Trinajstić information content (AvgIpc) is 2.69. The number of anilines is 2. The lowest BCUT2D eigenvalue weighted by molar-refractivity contribution is 0.0168. The summed E-state index contributed by atoms with van der Waals surface area (Å²) in [5.74, 6) is -4.37. The Morgan fingerprint density at radius 1 is 1.07 bits per heavy atom. The van der Waals surface area contributed by atoms with Gasteiger partial charge in [0.25, 0.3) is 5.91 Å². The Kier molecular flexibility index (Phi) is 8.40. The molecule has 0 fully saturated rings. The van der Waals surface area contributed by atoms with Gasteiger partial charge < -0.3 is 20.3 Å². The molecule has 0 radical (unpaired) electrons. The highest BCUT2D eigenvalue weighted by atomic mass is 19.2. The van der Waals surface area contributed by atoms with E-state index in [2.05, 4.69) is 5.32 Å². The zero-order valence-electron chi connectivity index (χ0n) is 15.6. The van der Waals surface area contributed by atoms with Gasteiger partial charge in [0, 0.05) is 5.56 Å². The van der Waals surface area contributed by atoms with E-state index < -0.39 is 35.7 Å². The third-order valence-corrected chi connectivity index (χ3v) is 3.76. The maximum Gasteiger partial charge on any atom is 0.277 e. The van der Waals surface area contributed by atoms with Crippen LogP contribution in [0.2, 0.25) is 0 Å². The molecule has 0 aromatic heterocycles. The number of aliphatic hydroxyl groups excluding tert-OH is 2. The largest absolute Gasteiger partial charge is 0.394 e. The lowest BCUT2D eigenvalue weighted by Gasteiger charge is -2.17. The van der Waals surface area contributed by atoms with Gasteiger partial charge in [0.1, 0.15) is 5.82 Å². The number of ether oxygens (including phenoxy) is 1. The Morgan fingerprint density at radius 3 is 2.45 bits per heavy atom. The Balaban J connectivity index is 2.45. The SMILES string of the molecule is Cc1ccc(Nc2c(C(=O)NOCCO)cc(COCCO)c(F)c2F)c(F)c1. The van der Waals surface area contributed by atoms with Crippen LogP contribution in [-0.2, 0) is 16.2 Å². The van der Waals surface area contributed by atoms with Gasteiger partial charge in [-0.25, -0.2) is 18.7 Å². The van der Waals surface area contributed by atoms with Crippen molar-refractivity contribution < 1.29 is 37.8 Å². The second-order valence-electron chi connectivity index (χ2n) is 5.97. The highest BCUT2D eigenvalue weighted by molar-refractivity contribution is 6.00. The summed E-state index contributed by atoms with van der Waals surface area (Å²) in [5, 5.41) is 19.9. The molecule has 0 bridgehead atoms. The van der Waals surface area contributed by atoms with Gasteiger partial charge in [-0.05, 0) is 30.7 Å². The van der Waals surface area contributed by atoms with Crippen LogP contribution in [0, 0.1) is 24.4 Å². The van der Waals surface area contributed by atoms with E-state index in [0.717, 1.165) is 6.07 Å². The van der Waals surface area contributed by atoms with Gasteiger partial charge in [-0.1, -0.05) is 6.07 Å². The van der Waals surface area contributed by atoms with Crippen LogP contribution in [0.3, 0.4) is 0 Å². The first-order valence-electron chi connectivity index (χ1n) is 8.64. The van der Waals surface area contributed by atoms with E-state index in [1.165, 1.54) is 12.1 Å². The molecule has 0 saturated heterocycles. The van der Waals surface area contributed by atoms with Crippen LogP contribution in [0.5, 0.6) is 0 Å². The van der Waals surface area contributed by atoms with Crippen LogP contribution in [-0.4, -0.2) is 42.5 Å². The summed E-state index contributed by atoms with van der Waals surface area (Å²) >= 11 is 0. The maximum atomic E-state index is 14.8. The van der Waals surface area contributed by atoms with Gasteiger partial charge in [0.05, 0.1) is 50.0 Å². The molecule has 0 saturated carbocycles. The minimum atomic E-state index is -1.41. The number of benzene rings is 2. The Hall–Kier alpha value is -2.66.